The van der Waals surface area contributed by atoms with Crippen LogP contribution in [0.5, 0.6) is 0 Å². The standard InChI is InChI=1S/C17H24O.C10H12O.C5H11N.C3H6O2.2CH4.2ClH/c1-13-8-10-16(11-9-13)17(18)14(2)12-15-6-4-3-5-7-15;1-3-10(11)9-6-4-8(2)5-7-9;1-2-4-6-5-3-1;1-2-5-3-4-1;;;;/h8-11,14-15H,3-7,12H2,1-2H3;4-7H,3H2,1-2H3;6H,1-5H2;1-3H2;2*1H4;2*1H/p-1. The largest absolute Gasteiger partial charge is 1.00 e. The van der Waals surface area contributed by atoms with Crippen LogP contribution in [0.25, 0.3) is 0 Å². The van der Waals surface area contributed by atoms with Crippen molar-refractivity contribution in [2.75, 3.05) is 33.1 Å². The minimum absolute atomic E-state index is 0. The van der Waals surface area contributed by atoms with Gasteiger partial charge in [0.05, 0.1) is 26.3 Å². The van der Waals surface area contributed by atoms with Gasteiger partial charge in [0.25, 0.3) is 0 Å². The van der Waals surface area contributed by atoms with Crippen LogP contribution in [0.4, 0.5) is 0 Å². The summed E-state index contributed by atoms with van der Waals surface area (Å²) in [4.78, 5) is 23.5. The monoisotopic (exact) mass is 654 g/mol. The first-order valence-corrected chi connectivity index (χ1v) is 15.6. The number of aryl methyl sites for hydroxylation is 2. The van der Waals surface area contributed by atoms with Crippen LogP contribution in [-0.2, 0) is 9.47 Å². The molecular formula is C37H62Cl2NO4-. The zero-order valence-electron chi connectivity index (χ0n) is 26.3. The van der Waals surface area contributed by atoms with E-state index in [9.17, 15) is 9.59 Å². The molecule has 44 heavy (non-hydrogen) atoms. The lowest BCUT2D eigenvalue weighted by molar-refractivity contribution is -0.662. The number of ketones is 2. The van der Waals surface area contributed by atoms with Crippen LogP contribution in [0, 0.1) is 25.7 Å². The lowest BCUT2D eigenvalue weighted by Gasteiger charge is -2.24. The predicted molar refractivity (Wildman–Crippen MR) is 177 cm³/mol. The van der Waals surface area contributed by atoms with Gasteiger partial charge in [0.2, 0.25) is 0 Å². The smallest absolute Gasteiger partial charge is 0.165 e. The molecule has 2 aliphatic heterocycles. The van der Waals surface area contributed by atoms with Crippen molar-refractivity contribution in [3.63, 3.8) is 0 Å². The summed E-state index contributed by atoms with van der Waals surface area (Å²) < 4.78 is 9.44. The molecule has 7 heteroatoms. The lowest BCUT2D eigenvalue weighted by Crippen LogP contribution is -3.00. The van der Waals surface area contributed by atoms with Crippen LogP contribution >= 0.6 is 0 Å². The highest BCUT2D eigenvalue weighted by Gasteiger charge is 2.21. The van der Waals surface area contributed by atoms with Crippen molar-refractivity contribution in [3.8, 4) is 0 Å². The first kappa shape index (κ1) is 46.7. The van der Waals surface area contributed by atoms with E-state index in [4.69, 9.17) is 9.47 Å². The zero-order valence-corrected chi connectivity index (χ0v) is 27.9. The van der Waals surface area contributed by atoms with Gasteiger partial charge in [0, 0.05) is 23.5 Å². The second kappa shape index (κ2) is 28.7. The summed E-state index contributed by atoms with van der Waals surface area (Å²) in [6.07, 6.45) is 12.8. The molecule has 2 aromatic rings. The normalized spacial score (nSPS) is 16.0. The highest BCUT2D eigenvalue weighted by molar-refractivity contribution is 5.97. The Morgan fingerprint density at radius 2 is 1.20 bits per heavy atom. The lowest BCUT2D eigenvalue weighted by atomic mass is 9.81. The molecule has 2 N–H and O–H groups in total. The minimum Gasteiger partial charge on any atom is -1.00 e. The van der Waals surface area contributed by atoms with Crippen LogP contribution < -0.4 is 30.1 Å². The number of hydrogen-bond acceptors (Lipinski definition) is 4. The summed E-state index contributed by atoms with van der Waals surface area (Å²) in [5, 5.41) is 2.39. The zero-order chi connectivity index (χ0) is 29.0. The van der Waals surface area contributed by atoms with Crippen LogP contribution in [0.15, 0.2) is 48.5 Å². The Bertz CT molecular complexity index is 933. The fourth-order valence-electron chi connectivity index (χ4n) is 5.17. The number of piperidine rings is 1. The van der Waals surface area contributed by atoms with Gasteiger partial charge >= 0.3 is 0 Å². The minimum atomic E-state index is 0. The Hall–Kier alpha value is -1.76. The molecule has 0 bridgehead atoms. The van der Waals surface area contributed by atoms with Gasteiger partial charge in [-0.05, 0) is 45.4 Å². The van der Waals surface area contributed by atoms with Gasteiger partial charge in [0.1, 0.15) is 6.79 Å². The summed E-state index contributed by atoms with van der Waals surface area (Å²) in [7, 11) is 0. The predicted octanol–water partition coefficient (Wildman–Crippen LogP) is 2.38. The molecule has 0 amide bonds. The van der Waals surface area contributed by atoms with E-state index in [0.29, 0.717) is 19.0 Å². The Morgan fingerprint density at radius 1 is 0.750 bits per heavy atom. The molecule has 0 spiro atoms. The molecule has 1 unspecified atom stereocenters. The summed E-state index contributed by atoms with van der Waals surface area (Å²) in [6.45, 7) is 12.8. The van der Waals surface area contributed by atoms with Crippen LogP contribution in [0.2, 0.25) is 0 Å². The molecule has 0 aromatic heterocycles. The molecule has 2 saturated heterocycles. The van der Waals surface area contributed by atoms with Crippen molar-refractivity contribution in [2.24, 2.45) is 11.8 Å². The summed E-state index contributed by atoms with van der Waals surface area (Å²) in [5.41, 5.74) is 4.10. The van der Waals surface area contributed by atoms with Crippen molar-refractivity contribution in [3.05, 3.63) is 70.8 Å². The van der Waals surface area contributed by atoms with Gasteiger partial charge in [-0.1, -0.05) is 120 Å². The maximum atomic E-state index is 12.3. The molecule has 5 rings (SSSR count). The highest BCUT2D eigenvalue weighted by Crippen LogP contribution is 2.30. The van der Waals surface area contributed by atoms with Crippen molar-refractivity contribution in [2.45, 2.75) is 107 Å². The molecule has 3 fully saturated rings. The van der Waals surface area contributed by atoms with E-state index in [-0.39, 0.29) is 51.4 Å². The molecule has 0 radical (unpaired) electrons. The van der Waals surface area contributed by atoms with Crippen LogP contribution in [0.3, 0.4) is 0 Å². The fraction of sp³-hybridized carbons (Fsp3) is 0.622. The van der Waals surface area contributed by atoms with E-state index in [2.05, 4.69) is 19.2 Å². The maximum Gasteiger partial charge on any atom is 0.165 e. The van der Waals surface area contributed by atoms with Crippen LogP contribution in [-0.4, -0.2) is 44.7 Å². The van der Waals surface area contributed by atoms with Gasteiger partial charge in [-0.3, -0.25) is 9.59 Å². The number of carbonyl (C=O) groups is 2. The topological polar surface area (TPSA) is 69.2 Å². The average molecular weight is 656 g/mol. The molecule has 5 nitrogen and oxygen atoms in total. The summed E-state index contributed by atoms with van der Waals surface area (Å²) in [6, 6.07) is 15.7. The van der Waals surface area contributed by atoms with Gasteiger partial charge in [0.15, 0.2) is 11.6 Å². The van der Waals surface area contributed by atoms with E-state index in [1.54, 1.807) is 0 Å². The fourth-order valence-corrected chi connectivity index (χ4v) is 5.17. The molecule has 254 valence electrons. The SMILES string of the molecule is C.C.C1CC[NH2+]CC1.C1COCO1.CCC(=O)c1ccc(C)cc1.Cc1ccc(C(=O)C(C)CC2CCCCC2)cc1.[Cl-].[Cl-]. The highest BCUT2D eigenvalue weighted by atomic mass is 35.5. The average Bonchev–Trinajstić information content (AvgIpc) is 3.60. The van der Waals surface area contributed by atoms with Gasteiger partial charge in [-0.15, -0.1) is 0 Å². The summed E-state index contributed by atoms with van der Waals surface area (Å²) in [5.74, 6) is 1.49. The third kappa shape index (κ3) is 20.3. The number of carbonyl (C=O) groups excluding carboxylic acids is 2. The molecule has 1 atom stereocenters. The summed E-state index contributed by atoms with van der Waals surface area (Å²) >= 11 is 0. The number of nitrogens with two attached hydrogens (primary N) is 1. The maximum absolute atomic E-state index is 12.3. The van der Waals surface area contributed by atoms with E-state index in [1.165, 1.54) is 75.6 Å². The molecule has 1 aliphatic carbocycles. The first-order valence-electron chi connectivity index (χ1n) is 15.6. The quantitative estimate of drug-likeness (QED) is 0.486. The third-order valence-electron chi connectivity index (χ3n) is 7.75. The van der Waals surface area contributed by atoms with E-state index in [0.717, 1.165) is 36.7 Å². The van der Waals surface area contributed by atoms with Crippen molar-refractivity contribution >= 4 is 11.6 Å². The second-order valence-corrected chi connectivity index (χ2v) is 11.4. The number of benzene rings is 2. The Balaban J connectivity index is -0.000000554. The van der Waals surface area contributed by atoms with E-state index < -0.39 is 0 Å². The number of rotatable bonds is 6. The first-order chi connectivity index (χ1) is 19.4. The molecule has 2 heterocycles. The van der Waals surface area contributed by atoms with E-state index in [1.807, 2.05) is 62.4 Å². The molecular weight excluding hydrogens is 593 g/mol. The van der Waals surface area contributed by atoms with Crippen molar-refractivity contribution in [1.29, 1.82) is 0 Å². The van der Waals surface area contributed by atoms with Gasteiger partial charge in [-0.2, -0.15) is 0 Å². The van der Waals surface area contributed by atoms with Gasteiger partial charge < -0.3 is 39.6 Å². The van der Waals surface area contributed by atoms with Crippen molar-refractivity contribution < 1.29 is 49.2 Å². The molecule has 1 saturated carbocycles. The Labute approximate surface area is 282 Å². The Kier molecular flexibility index (Phi) is 30.4. The molecule has 3 aliphatic rings. The Morgan fingerprint density at radius 3 is 1.57 bits per heavy atom. The number of hydrogen-bond donors (Lipinski definition) is 1. The number of halogens is 2. The van der Waals surface area contributed by atoms with E-state index >= 15 is 0 Å². The second-order valence-electron chi connectivity index (χ2n) is 11.4. The number of ether oxygens (including phenoxy) is 2. The van der Waals surface area contributed by atoms with Crippen molar-refractivity contribution in [1.82, 2.24) is 0 Å². The van der Waals surface area contributed by atoms with Crippen LogP contribution in [0.1, 0.15) is 125 Å². The third-order valence-corrected chi connectivity index (χ3v) is 7.75. The molecule has 2 aromatic carbocycles. The number of Topliss-reactive ketones (excluding diaryl/α,β-unsaturated/α-hetero) is 2. The van der Waals surface area contributed by atoms with Gasteiger partial charge in [-0.25, -0.2) is 0 Å². The number of quaternary nitrogens is 1.